The van der Waals surface area contributed by atoms with Crippen molar-refractivity contribution < 1.29 is 23.5 Å². The summed E-state index contributed by atoms with van der Waals surface area (Å²) in [5, 5.41) is -12.9. The van der Waals surface area contributed by atoms with E-state index in [4.69, 9.17) is 72.2 Å². The normalized spacial score (nSPS) is 38.0. The highest BCUT2D eigenvalue weighted by atomic mass is 31.0. The Balaban J connectivity index is 3.13. The molecule has 0 saturated heterocycles. The van der Waals surface area contributed by atoms with Crippen LogP contribution in [0.2, 0.25) is 15.7 Å². The van der Waals surface area contributed by atoms with Gasteiger partial charge in [0.2, 0.25) is 0 Å². The fraction of sp³-hybridized carbons (Fsp3) is 0.875. The van der Waals surface area contributed by atoms with Gasteiger partial charge >= 0.3 is 11.9 Å². The molecule has 7 unspecified atom stereocenters. The van der Waals surface area contributed by atoms with Crippen molar-refractivity contribution in [3.8, 4) is 0 Å². The molecule has 1 saturated carbocycles. The summed E-state index contributed by atoms with van der Waals surface area (Å²) in [5.74, 6) is -2.34. The van der Waals surface area contributed by atoms with Gasteiger partial charge in [0.1, 0.15) is 21.1 Å². The number of alkyl halides is 1. The molecule has 0 aromatic rings. The van der Waals surface area contributed by atoms with Gasteiger partial charge in [-0.3, -0.25) is 14.0 Å². The Morgan fingerprint density at radius 3 is 1.71 bits per heavy atom. The summed E-state index contributed by atoms with van der Waals surface area (Å²) in [6.07, 6.45) is 0. The van der Waals surface area contributed by atoms with Gasteiger partial charge < -0.3 is 9.47 Å². The van der Waals surface area contributed by atoms with Gasteiger partial charge in [0.15, 0.2) is 0 Å². The zero-order valence-electron chi connectivity index (χ0n) is 18.3. The lowest BCUT2D eigenvalue weighted by atomic mass is 9.10. The SMILES string of the molecule is [B]C1([B])C([B])(F)C([B])(P)C([B])(P)C([B])([B])C1([B])C(=O)OCCOC(=O)C(C)C(C)(C)C. The van der Waals surface area contributed by atoms with E-state index in [1.54, 1.807) is 6.92 Å². The van der Waals surface area contributed by atoms with Gasteiger partial charge in [-0.2, -0.15) is 0 Å². The minimum atomic E-state index is -3.27. The van der Waals surface area contributed by atoms with Crippen LogP contribution in [0.1, 0.15) is 27.7 Å². The summed E-state index contributed by atoms with van der Waals surface area (Å²) in [4.78, 5) is 25.0. The highest BCUT2D eigenvalue weighted by Crippen LogP contribution is 2.77. The lowest BCUT2D eigenvalue weighted by Crippen LogP contribution is -2.79. The van der Waals surface area contributed by atoms with E-state index in [0.717, 1.165) is 0 Å². The Morgan fingerprint density at radius 1 is 0.871 bits per heavy atom. The standard InChI is InChI=1S/C16H21B8FO4P2/c1-7(10(2,3)4)8(26)28-5-6-29-9(27)11(17)12(18,19)14(22,25)16(24,31)15(23,30)13(11,20)21/h7H,5-6,30-31H2,1-4H3. The quantitative estimate of drug-likeness (QED) is 0.244. The molecule has 15 heteroatoms. The Hall–Kier alpha value is 0.249. The molecule has 16 radical (unpaired) electrons. The summed E-state index contributed by atoms with van der Waals surface area (Å²) < 4.78 is 25.8. The van der Waals surface area contributed by atoms with Crippen molar-refractivity contribution in [2.75, 3.05) is 13.2 Å². The number of rotatable bonds is 5. The average Bonchev–Trinajstić information content (AvgIpc) is 2.60. The Labute approximate surface area is 200 Å². The fourth-order valence-corrected chi connectivity index (χ4v) is 4.06. The molecule has 1 aliphatic carbocycles. The van der Waals surface area contributed by atoms with Crippen LogP contribution in [-0.4, -0.2) is 104 Å². The number of halogens is 1. The maximum absolute atomic E-state index is 15.6. The van der Waals surface area contributed by atoms with E-state index in [2.05, 4.69) is 0 Å². The molecule has 1 fully saturated rings. The van der Waals surface area contributed by atoms with E-state index >= 15 is 4.39 Å². The minimum Gasteiger partial charge on any atom is -0.462 e. The molecule has 0 spiro atoms. The maximum Gasteiger partial charge on any atom is 0.309 e. The van der Waals surface area contributed by atoms with Crippen LogP contribution >= 0.6 is 18.5 Å². The van der Waals surface area contributed by atoms with Gasteiger partial charge in [0.05, 0.1) is 66.4 Å². The zero-order chi connectivity index (χ0) is 25.1. The molecule has 0 bridgehead atoms. The smallest absolute Gasteiger partial charge is 0.309 e. The molecule has 4 nitrogen and oxygen atoms in total. The summed E-state index contributed by atoms with van der Waals surface area (Å²) in [5.41, 5.74) is -3.61. The molecule has 0 amide bonds. The van der Waals surface area contributed by atoms with Crippen molar-refractivity contribution >= 4 is 93.2 Å². The Morgan fingerprint density at radius 2 is 1.29 bits per heavy atom. The molecule has 1 rings (SSSR count). The first-order valence-electron chi connectivity index (χ1n) is 9.37. The molecule has 31 heavy (non-hydrogen) atoms. The van der Waals surface area contributed by atoms with Crippen LogP contribution in [0, 0.1) is 11.3 Å². The Bertz CT molecular complexity index is 710. The zero-order valence-corrected chi connectivity index (χ0v) is 20.6. The molecule has 0 N–H and O–H groups in total. The van der Waals surface area contributed by atoms with E-state index in [9.17, 15) is 9.59 Å². The number of hydrogen-bond donors (Lipinski definition) is 0. The van der Waals surface area contributed by atoms with E-state index in [1.165, 1.54) is 0 Å². The third-order valence-electron chi connectivity index (χ3n) is 6.41. The van der Waals surface area contributed by atoms with E-state index in [-0.39, 0.29) is 12.0 Å². The third kappa shape index (κ3) is 4.05. The number of carbonyl (C=O) groups excluding carboxylic acids is 2. The van der Waals surface area contributed by atoms with Crippen LogP contribution in [0.25, 0.3) is 0 Å². The van der Waals surface area contributed by atoms with Crippen LogP contribution in [0.4, 0.5) is 4.39 Å². The van der Waals surface area contributed by atoms with Crippen LogP contribution < -0.4 is 0 Å². The molecule has 7 atom stereocenters. The second-order valence-corrected chi connectivity index (χ2v) is 11.2. The van der Waals surface area contributed by atoms with Gasteiger partial charge in [-0.25, -0.2) is 0 Å². The van der Waals surface area contributed by atoms with Crippen molar-refractivity contribution in [1.29, 1.82) is 0 Å². The largest absolute Gasteiger partial charge is 0.462 e. The average molecular weight is 445 g/mol. The van der Waals surface area contributed by atoms with Gasteiger partial charge in [0.25, 0.3) is 0 Å². The molecule has 0 aromatic carbocycles. The van der Waals surface area contributed by atoms with Crippen LogP contribution in [-0.2, 0) is 19.1 Å². The van der Waals surface area contributed by atoms with E-state index in [1.807, 2.05) is 39.3 Å². The van der Waals surface area contributed by atoms with Crippen LogP contribution in [0.15, 0.2) is 0 Å². The first-order chi connectivity index (χ1) is 13.5. The lowest BCUT2D eigenvalue weighted by Gasteiger charge is -2.76. The summed E-state index contributed by atoms with van der Waals surface area (Å²) in [6, 6.07) is 0. The summed E-state index contributed by atoms with van der Waals surface area (Å²) in [7, 11) is 51.6. The van der Waals surface area contributed by atoms with E-state index in [0.29, 0.717) is 0 Å². The van der Waals surface area contributed by atoms with Crippen LogP contribution in [0.3, 0.4) is 0 Å². The predicted molar refractivity (Wildman–Crippen MR) is 133 cm³/mol. The Kier molecular flexibility index (Phi) is 8.01. The minimum absolute atomic E-state index is 0.326. The van der Waals surface area contributed by atoms with Crippen molar-refractivity contribution in [3.05, 3.63) is 0 Å². The van der Waals surface area contributed by atoms with Crippen molar-refractivity contribution in [2.24, 2.45) is 11.3 Å². The fourth-order valence-electron chi connectivity index (χ4n) is 3.15. The molecular weight excluding hydrogens is 424 g/mol. The first-order valence-corrected chi connectivity index (χ1v) is 10.5. The van der Waals surface area contributed by atoms with Crippen molar-refractivity contribution in [2.45, 2.75) is 59.1 Å². The number of carbonyl (C=O) groups is 2. The molecule has 0 heterocycles. The number of hydrogen-bond acceptors (Lipinski definition) is 4. The second-order valence-electron chi connectivity index (χ2n) is 9.39. The molecular formula is C16H21B8FO4P2. The monoisotopic (exact) mass is 446 g/mol. The van der Waals surface area contributed by atoms with Gasteiger partial charge in [-0.1, -0.05) is 43.2 Å². The second kappa shape index (κ2) is 8.48. The molecule has 0 aromatic heterocycles. The highest BCUT2D eigenvalue weighted by molar-refractivity contribution is 7.31. The summed E-state index contributed by atoms with van der Waals surface area (Å²) in [6.45, 7) is 6.50. The maximum atomic E-state index is 15.6. The van der Waals surface area contributed by atoms with Crippen molar-refractivity contribution in [3.63, 3.8) is 0 Å². The number of ether oxygens (including phenoxy) is 2. The molecule has 150 valence electrons. The topological polar surface area (TPSA) is 52.6 Å². The van der Waals surface area contributed by atoms with Gasteiger partial charge in [0, 0.05) is 5.31 Å². The molecule has 0 aliphatic heterocycles. The predicted octanol–water partition coefficient (Wildman–Crippen LogP) is -0.684. The van der Waals surface area contributed by atoms with Gasteiger partial charge in [-0.05, 0) is 10.5 Å². The highest BCUT2D eigenvalue weighted by Gasteiger charge is 2.75. The van der Waals surface area contributed by atoms with E-state index < -0.39 is 55.9 Å². The third-order valence-corrected chi connectivity index (χ3v) is 8.60. The van der Waals surface area contributed by atoms with Gasteiger partial charge in [-0.15, -0.1) is 18.5 Å². The molecule has 1 aliphatic rings. The summed E-state index contributed by atoms with van der Waals surface area (Å²) >= 11 is 0. The van der Waals surface area contributed by atoms with Crippen LogP contribution in [0.5, 0.6) is 0 Å². The van der Waals surface area contributed by atoms with Crippen molar-refractivity contribution in [1.82, 2.24) is 0 Å². The number of esters is 2. The lowest BCUT2D eigenvalue weighted by molar-refractivity contribution is -0.160. The first kappa shape index (κ1) is 29.3.